The molecule has 0 fully saturated rings. The third-order valence-electron chi connectivity index (χ3n) is 1.64. The maximum absolute atomic E-state index is 10.9. The van der Waals surface area contributed by atoms with Crippen molar-refractivity contribution in [1.29, 1.82) is 0 Å². The van der Waals surface area contributed by atoms with Gasteiger partial charge in [0.25, 0.3) is 0 Å². The normalized spacial score (nSPS) is 9.73. The molecule has 0 saturated heterocycles. The van der Waals surface area contributed by atoms with E-state index in [-0.39, 0.29) is 5.91 Å². The monoisotopic (exact) mass is 209 g/mol. The van der Waals surface area contributed by atoms with Crippen LogP contribution in [0, 0.1) is 0 Å². The van der Waals surface area contributed by atoms with Crippen LogP contribution in [0.25, 0.3) is 0 Å². The maximum atomic E-state index is 10.9. The van der Waals surface area contributed by atoms with Crippen LogP contribution in [0.2, 0.25) is 0 Å². The number of rotatable bonds is 4. The van der Waals surface area contributed by atoms with Crippen molar-refractivity contribution in [2.45, 2.75) is 13.8 Å². The Balaban J connectivity index is 2.78. The van der Waals surface area contributed by atoms with Crippen LogP contribution in [0.15, 0.2) is 24.3 Å². The van der Waals surface area contributed by atoms with Crippen molar-refractivity contribution >= 4 is 17.3 Å². The molecule has 82 valence electrons. The summed E-state index contributed by atoms with van der Waals surface area (Å²) in [7, 11) is 0. The number of hydrogen-bond acceptors (Lipinski definition) is 4. The summed E-state index contributed by atoms with van der Waals surface area (Å²) in [4.78, 5) is 16.2. The van der Waals surface area contributed by atoms with E-state index in [9.17, 15) is 4.79 Å². The summed E-state index contributed by atoms with van der Waals surface area (Å²) < 4.78 is 0. The van der Waals surface area contributed by atoms with Crippen molar-refractivity contribution in [2.75, 3.05) is 17.5 Å². The first-order valence-corrected chi connectivity index (χ1v) is 4.69. The largest absolute Gasteiger partial charge is 0.399 e. The predicted molar refractivity (Wildman–Crippen MR) is 58.8 cm³/mol. The van der Waals surface area contributed by atoms with Crippen molar-refractivity contribution in [3.05, 3.63) is 24.3 Å². The Kier molecular flexibility index (Phi) is 3.93. The van der Waals surface area contributed by atoms with Crippen LogP contribution in [-0.4, -0.2) is 12.5 Å². The molecule has 5 heteroatoms. The molecule has 0 aromatic heterocycles. The molecule has 0 aliphatic carbocycles. The summed E-state index contributed by atoms with van der Waals surface area (Å²) in [5.41, 5.74) is 9.49. The summed E-state index contributed by atoms with van der Waals surface area (Å²) in [5.74, 6) is -0.194. The molecule has 1 rings (SSSR count). The Morgan fingerprint density at radius 2 is 2.07 bits per heavy atom. The maximum Gasteiger partial charge on any atom is 0.237 e. The number of nitrogens with zero attached hydrogens (tertiary/aromatic N) is 1. The van der Waals surface area contributed by atoms with Gasteiger partial charge in [-0.2, -0.15) is 5.17 Å². The van der Waals surface area contributed by atoms with Crippen molar-refractivity contribution < 1.29 is 9.63 Å². The molecule has 0 aliphatic rings. The molecule has 0 atom stereocenters. The molecule has 0 unspecified atom stereocenters. The van der Waals surface area contributed by atoms with Crippen LogP contribution in [0.4, 0.5) is 11.4 Å². The van der Waals surface area contributed by atoms with E-state index in [1.807, 2.05) is 6.92 Å². The highest BCUT2D eigenvalue weighted by Gasteiger charge is 2.07. The van der Waals surface area contributed by atoms with Crippen LogP contribution >= 0.6 is 0 Å². The quantitative estimate of drug-likeness (QED) is 0.575. The van der Waals surface area contributed by atoms with E-state index in [1.54, 1.807) is 24.3 Å². The molecule has 0 heterocycles. The average molecular weight is 209 g/mol. The van der Waals surface area contributed by atoms with E-state index < -0.39 is 0 Å². The summed E-state index contributed by atoms with van der Waals surface area (Å²) in [5, 5.41) is 1.32. The number of hydrazine groups is 1. The Morgan fingerprint density at radius 1 is 1.47 bits per heavy atom. The zero-order chi connectivity index (χ0) is 11.3. The Hall–Kier alpha value is -1.75. The van der Waals surface area contributed by atoms with Crippen LogP contribution < -0.4 is 16.3 Å². The van der Waals surface area contributed by atoms with E-state index in [1.165, 1.54) is 12.1 Å². The predicted octanol–water partition coefficient (Wildman–Crippen LogP) is 1.08. The molecule has 3 N–H and O–H groups in total. The summed E-state index contributed by atoms with van der Waals surface area (Å²) in [6.45, 7) is 3.72. The highest BCUT2D eigenvalue weighted by Crippen LogP contribution is 2.14. The topological polar surface area (TPSA) is 67.6 Å². The fourth-order valence-corrected chi connectivity index (χ4v) is 1.05. The SMILES string of the molecule is CCON(NC(C)=O)c1ccc(N)cc1. The van der Waals surface area contributed by atoms with Gasteiger partial charge in [-0.3, -0.25) is 9.63 Å². The number of amides is 1. The Morgan fingerprint density at radius 3 is 2.53 bits per heavy atom. The minimum atomic E-state index is -0.194. The molecule has 0 bridgehead atoms. The molecule has 5 nitrogen and oxygen atoms in total. The van der Waals surface area contributed by atoms with Crippen LogP contribution in [-0.2, 0) is 9.63 Å². The lowest BCUT2D eigenvalue weighted by Crippen LogP contribution is -2.41. The van der Waals surface area contributed by atoms with E-state index in [2.05, 4.69) is 5.43 Å². The minimum Gasteiger partial charge on any atom is -0.399 e. The summed E-state index contributed by atoms with van der Waals surface area (Å²) in [6.07, 6.45) is 0. The Bertz CT molecular complexity index is 324. The van der Waals surface area contributed by atoms with E-state index in [0.717, 1.165) is 5.69 Å². The number of nitrogens with one attached hydrogen (secondary N) is 1. The minimum absolute atomic E-state index is 0.194. The molecule has 0 saturated carbocycles. The van der Waals surface area contributed by atoms with Gasteiger partial charge in [0.1, 0.15) is 0 Å². The van der Waals surface area contributed by atoms with Gasteiger partial charge >= 0.3 is 0 Å². The number of nitrogen functional groups attached to an aromatic ring is 1. The molecule has 1 aromatic carbocycles. The lowest BCUT2D eigenvalue weighted by atomic mass is 10.3. The van der Waals surface area contributed by atoms with E-state index in [4.69, 9.17) is 10.6 Å². The zero-order valence-corrected chi connectivity index (χ0v) is 8.86. The lowest BCUT2D eigenvalue weighted by Gasteiger charge is -2.22. The highest BCUT2D eigenvalue weighted by molar-refractivity contribution is 5.74. The first-order valence-electron chi connectivity index (χ1n) is 4.69. The van der Waals surface area contributed by atoms with Gasteiger partial charge in [-0.1, -0.05) is 0 Å². The molecule has 15 heavy (non-hydrogen) atoms. The second kappa shape index (κ2) is 5.21. The van der Waals surface area contributed by atoms with E-state index in [0.29, 0.717) is 12.3 Å². The van der Waals surface area contributed by atoms with Crippen LogP contribution in [0.5, 0.6) is 0 Å². The van der Waals surface area contributed by atoms with Gasteiger partial charge in [0.15, 0.2) is 0 Å². The van der Waals surface area contributed by atoms with Crippen molar-refractivity contribution in [2.24, 2.45) is 0 Å². The smallest absolute Gasteiger partial charge is 0.237 e. The first kappa shape index (κ1) is 11.3. The fourth-order valence-electron chi connectivity index (χ4n) is 1.05. The zero-order valence-electron chi connectivity index (χ0n) is 8.86. The van der Waals surface area contributed by atoms with Gasteiger partial charge in [-0.05, 0) is 31.2 Å². The second-order valence-corrected chi connectivity index (χ2v) is 2.97. The second-order valence-electron chi connectivity index (χ2n) is 2.97. The summed E-state index contributed by atoms with van der Waals surface area (Å²) in [6, 6.07) is 7.01. The van der Waals surface area contributed by atoms with Crippen molar-refractivity contribution in [1.82, 2.24) is 5.43 Å². The third-order valence-corrected chi connectivity index (χ3v) is 1.64. The van der Waals surface area contributed by atoms with Crippen molar-refractivity contribution in [3.63, 3.8) is 0 Å². The highest BCUT2D eigenvalue weighted by atomic mass is 16.7. The number of benzene rings is 1. The first-order chi connectivity index (χ1) is 7.13. The van der Waals surface area contributed by atoms with Crippen LogP contribution in [0.3, 0.4) is 0 Å². The standard InChI is InChI=1S/C10H15N3O2/c1-3-15-13(12-8(2)14)10-6-4-9(11)5-7-10/h4-7H,3,11H2,1-2H3,(H,12,14). The number of carbonyl (C=O) groups excluding carboxylic acids is 1. The van der Waals surface area contributed by atoms with Gasteiger partial charge in [0.05, 0.1) is 12.3 Å². The third kappa shape index (κ3) is 3.47. The molecule has 1 amide bonds. The molecule has 0 spiro atoms. The molecule has 1 aromatic rings. The number of carbonyl (C=O) groups is 1. The van der Waals surface area contributed by atoms with Gasteiger partial charge < -0.3 is 5.73 Å². The molecular formula is C10H15N3O2. The van der Waals surface area contributed by atoms with Crippen molar-refractivity contribution in [3.8, 4) is 0 Å². The van der Waals surface area contributed by atoms with Gasteiger partial charge in [0, 0.05) is 12.6 Å². The van der Waals surface area contributed by atoms with Gasteiger partial charge in [0.2, 0.25) is 5.91 Å². The molecular weight excluding hydrogens is 194 g/mol. The Labute approximate surface area is 88.7 Å². The number of anilines is 2. The molecule has 0 aliphatic heterocycles. The molecule has 0 radical (unpaired) electrons. The number of nitrogens with two attached hydrogens (primary N) is 1. The van der Waals surface area contributed by atoms with E-state index >= 15 is 0 Å². The van der Waals surface area contributed by atoms with Gasteiger partial charge in [-0.15, -0.1) is 0 Å². The number of hydrogen-bond donors (Lipinski definition) is 2. The fraction of sp³-hybridized carbons (Fsp3) is 0.300. The lowest BCUT2D eigenvalue weighted by molar-refractivity contribution is -0.121. The van der Waals surface area contributed by atoms with Gasteiger partial charge in [-0.25, -0.2) is 5.43 Å². The average Bonchev–Trinajstić information content (AvgIpc) is 2.17. The summed E-state index contributed by atoms with van der Waals surface area (Å²) >= 11 is 0. The van der Waals surface area contributed by atoms with Crippen LogP contribution in [0.1, 0.15) is 13.8 Å².